The summed E-state index contributed by atoms with van der Waals surface area (Å²) in [4.78, 5) is 2.36. The lowest BCUT2D eigenvalue weighted by molar-refractivity contribution is 0.136. The molecule has 106 valence electrons. The highest BCUT2D eigenvalue weighted by Gasteiger charge is 2.27. The lowest BCUT2D eigenvalue weighted by atomic mass is 10.0. The number of aliphatic hydroxyl groups excluding tert-OH is 1. The minimum atomic E-state index is -0.215. The Hall–Kier alpha value is -0.580. The second-order valence-electron chi connectivity index (χ2n) is 5.46. The number of anilines is 1. The molecule has 1 aromatic rings. The van der Waals surface area contributed by atoms with E-state index in [-0.39, 0.29) is 6.10 Å². The molecule has 0 aliphatic carbocycles. The van der Waals surface area contributed by atoms with E-state index in [0.717, 1.165) is 24.0 Å². The van der Waals surface area contributed by atoms with Crippen molar-refractivity contribution in [2.75, 3.05) is 25.0 Å². The van der Waals surface area contributed by atoms with Gasteiger partial charge in [0.15, 0.2) is 0 Å². The number of nitrogens with one attached hydrogen (secondary N) is 1. The molecule has 1 aliphatic rings. The van der Waals surface area contributed by atoms with Crippen LogP contribution >= 0.6 is 15.9 Å². The maximum atomic E-state index is 9.69. The quantitative estimate of drug-likeness (QED) is 0.893. The van der Waals surface area contributed by atoms with Crippen LogP contribution in [-0.2, 0) is 0 Å². The third-order valence-electron chi connectivity index (χ3n) is 4.15. The van der Waals surface area contributed by atoms with Gasteiger partial charge in [0.2, 0.25) is 0 Å². The van der Waals surface area contributed by atoms with E-state index in [9.17, 15) is 5.11 Å². The molecule has 1 aromatic carbocycles. The fourth-order valence-electron chi connectivity index (χ4n) is 2.62. The molecule has 0 bridgehead atoms. The molecular formula is C15H23BrN2O. The molecule has 0 aromatic heterocycles. The van der Waals surface area contributed by atoms with Crippen LogP contribution in [0, 0.1) is 5.92 Å². The van der Waals surface area contributed by atoms with E-state index in [1.54, 1.807) is 0 Å². The van der Waals surface area contributed by atoms with Gasteiger partial charge in [-0.1, -0.05) is 6.07 Å². The summed E-state index contributed by atoms with van der Waals surface area (Å²) < 4.78 is 1.14. The van der Waals surface area contributed by atoms with E-state index < -0.39 is 0 Å². The number of nitrogens with zero attached hydrogens (tertiary/aromatic N) is 1. The lowest BCUT2D eigenvalue weighted by Gasteiger charge is -2.22. The topological polar surface area (TPSA) is 35.5 Å². The second-order valence-corrected chi connectivity index (χ2v) is 6.31. The van der Waals surface area contributed by atoms with Crippen LogP contribution in [0.1, 0.15) is 31.9 Å². The van der Waals surface area contributed by atoms with Gasteiger partial charge in [0, 0.05) is 29.5 Å². The normalized spacial score (nSPS) is 22.6. The largest absolute Gasteiger partial charge is 0.393 e. The Morgan fingerprint density at radius 1 is 1.42 bits per heavy atom. The number of aliphatic hydroxyl groups is 1. The van der Waals surface area contributed by atoms with E-state index in [0.29, 0.717) is 12.0 Å². The zero-order valence-electron chi connectivity index (χ0n) is 11.9. The number of hydrogen-bond acceptors (Lipinski definition) is 3. The van der Waals surface area contributed by atoms with Gasteiger partial charge in [0.1, 0.15) is 0 Å². The first kappa shape index (κ1) is 14.8. The highest BCUT2D eigenvalue weighted by atomic mass is 79.9. The molecule has 1 aliphatic heterocycles. The molecule has 3 atom stereocenters. The van der Waals surface area contributed by atoms with E-state index in [2.05, 4.69) is 51.3 Å². The summed E-state index contributed by atoms with van der Waals surface area (Å²) >= 11 is 3.68. The third-order valence-corrected chi connectivity index (χ3v) is 4.79. The van der Waals surface area contributed by atoms with E-state index in [1.807, 2.05) is 14.0 Å². The Balaban J connectivity index is 2.14. The average molecular weight is 327 g/mol. The number of benzene rings is 1. The molecule has 2 N–H and O–H groups in total. The molecule has 1 saturated heterocycles. The number of rotatable bonds is 4. The van der Waals surface area contributed by atoms with Crippen molar-refractivity contribution >= 4 is 21.6 Å². The van der Waals surface area contributed by atoms with Gasteiger partial charge in [-0.2, -0.15) is 0 Å². The Morgan fingerprint density at radius 2 is 2.16 bits per heavy atom. The minimum absolute atomic E-state index is 0.215. The SMILES string of the molecule is CNC(C)c1ccc(N2CCC(C(C)O)C2)c(Br)c1. The van der Waals surface area contributed by atoms with Crippen molar-refractivity contribution in [1.82, 2.24) is 5.32 Å². The zero-order chi connectivity index (χ0) is 14.0. The lowest BCUT2D eigenvalue weighted by Crippen LogP contribution is -2.24. The smallest absolute Gasteiger partial charge is 0.0557 e. The van der Waals surface area contributed by atoms with Crippen LogP contribution in [-0.4, -0.2) is 31.3 Å². The molecule has 4 heteroatoms. The van der Waals surface area contributed by atoms with E-state index in [4.69, 9.17) is 0 Å². The van der Waals surface area contributed by atoms with Gasteiger partial charge in [-0.3, -0.25) is 0 Å². The van der Waals surface area contributed by atoms with Gasteiger partial charge in [0.05, 0.1) is 11.8 Å². The first-order chi connectivity index (χ1) is 9.02. The summed E-state index contributed by atoms with van der Waals surface area (Å²) in [5, 5.41) is 12.9. The van der Waals surface area contributed by atoms with Crippen LogP contribution in [0.2, 0.25) is 0 Å². The van der Waals surface area contributed by atoms with Crippen LogP contribution in [0.5, 0.6) is 0 Å². The van der Waals surface area contributed by atoms with Crippen molar-refractivity contribution in [2.45, 2.75) is 32.4 Å². The molecule has 1 fully saturated rings. The Bertz CT molecular complexity index is 436. The summed E-state index contributed by atoms with van der Waals surface area (Å²) in [6, 6.07) is 6.90. The predicted molar refractivity (Wildman–Crippen MR) is 83.6 cm³/mol. The molecule has 19 heavy (non-hydrogen) atoms. The van der Waals surface area contributed by atoms with Crippen molar-refractivity contribution in [3.63, 3.8) is 0 Å². The standard InChI is InChI=1S/C15H23BrN2O/c1-10(17-3)12-4-5-15(14(16)8-12)18-7-6-13(9-18)11(2)19/h4-5,8,10-11,13,17,19H,6-7,9H2,1-3H3. The molecule has 0 amide bonds. The van der Waals surface area contributed by atoms with Crippen LogP contribution < -0.4 is 10.2 Å². The van der Waals surface area contributed by atoms with Crippen LogP contribution in [0.4, 0.5) is 5.69 Å². The summed E-state index contributed by atoms with van der Waals surface area (Å²) in [6.07, 6.45) is 0.853. The third kappa shape index (κ3) is 3.30. The summed E-state index contributed by atoms with van der Waals surface area (Å²) in [5.74, 6) is 0.391. The first-order valence-corrected chi connectivity index (χ1v) is 7.72. The molecular weight excluding hydrogens is 304 g/mol. The van der Waals surface area contributed by atoms with Crippen molar-refractivity contribution in [2.24, 2.45) is 5.92 Å². The second kappa shape index (κ2) is 6.25. The fraction of sp³-hybridized carbons (Fsp3) is 0.600. The fourth-order valence-corrected chi connectivity index (χ4v) is 3.26. The van der Waals surface area contributed by atoms with Crippen molar-refractivity contribution in [3.8, 4) is 0 Å². The summed E-state index contributed by atoms with van der Waals surface area (Å²) in [7, 11) is 1.97. The van der Waals surface area contributed by atoms with Gasteiger partial charge in [-0.25, -0.2) is 0 Å². The first-order valence-electron chi connectivity index (χ1n) is 6.92. The minimum Gasteiger partial charge on any atom is -0.393 e. The van der Waals surface area contributed by atoms with Crippen LogP contribution in [0.3, 0.4) is 0 Å². The average Bonchev–Trinajstić information content (AvgIpc) is 2.87. The van der Waals surface area contributed by atoms with Crippen LogP contribution in [0.25, 0.3) is 0 Å². The molecule has 3 unspecified atom stereocenters. The van der Waals surface area contributed by atoms with Gasteiger partial charge in [-0.05, 0) is 60.9 Å². The highest BCUT2D eigenvalue weighted by Crippen LogP contribution is 2.33. The van der Waals surface area contributed by atoms with Gasteiger partial charge < -0.3 is 15.3 Å². The van der Waals surface area contributed by atoms with E-state index >= 15 is 0 Å². The molecule has 0 radical (unpaired) electrons. The summed E-state index contributed by atoms with van der Waals surface area (Å²) in [5.41, 5.74) is 2.51. The zero-order valence-corrected chi connectivity index (χ0v) is 13.4. The molecule has 2 rings (SSSR count). The van der Waals surface area contributed by atoms with Gasteiger partial charge >= 0.3 is 0 Å². The Labute approximate surface area is 124 Å². The van der Waals surface area contributed by atoms with E-state index in [1.165, 1.54) is 11.3 Å². The van der Waals surface area contributed by atoms with Crippen molar-refractivity contribution in [3.05, 3.63) is 28.2 Å². The van der Waals surface area contributed by atoms with Crippen LogP contribution in [0.15, 0.2) is 22.7 Å². The Kier molecular flexibility index (Phi) is 4.87. The highest BCUT2D eigenvalue weighted by molar-refractivity contribution is 9.10. The maximum Gasteiger partial charge on any atom is 0.0557 e. The maximum absolute atomic E-state index is 9.69. The number of halogens is 1. The molecule has 0 saturated carbocycles. The summed E-state index contributed by atoms with van der Waals surface area (Å²) in [6.45, 7) is 6.01. The molecule has 3 nitrogen and oxygen atoms in total. The van der Waals surface area contributed by atoms with Crippen molar-refractivity contribution in [1.29, 1.82) is 0 Å². The number of hydrogen-bond donors (Lipinski definition) is 2. The Morgan fingerprint density at radius 3 is 2.68 bits per heavy atom. The van der Waals surface area contributed by atoms with Gasteiger partial charge in [0.25, 0.3) is 0 Å². The monoisotopic (exact) mass is 326 g/mol. The predicted octanol–water partition coefficient (Wildman–Crippen LogP) is 2.94. The molecule has 0 spiro atoms. The molecule has 1 heterocycles. The van der Waals surface area contributed by atoms with Gasteiger partial charge in [-0.15, -0.1) is 0 Å². The van der Waals surface area contributed by atoms with Crippen molar-refractivity contribution < 1.29 is 5.11 Å².